The molecule has 0 bridgehead atoms. The molecule has 0 heterocycles. The fourth-order valence-corrected chi connectivity index (χ4v) is 0.281. The lowest BCUT2D eigenvalue weighted by atomic mass is 10.2. The molecule has 0 rings (SSSR count). The highest BCUT2D eigenvalue weighted by Crippen LogP contribution is 1.81. The van der Waals surface area contributed by atoms with E-state index in [2.05, 4.69) is 0 Å². The molecule has 0 radical (unpaired) electrons. The second kappa shape index (κ2) is 3.40. The van der Waals surface area contributed by atoms with Gasteiger partial charge in [0.2, 0.25) is 5.91 Å². The van der Waals surface area contributed by atoms with E-state index in [4.69, 9.17) is 16.6 Å². The van der Waals surface area contributed by atoms with E-state index in [1.807, 2.05) is 0 Å². The average molecular weight is 118 g/mol. The Balaban J connectivity index is 3.32. The highest BCUT2D eigenvalue weighted by molar-refractivity contribution is 5.79. The van der Waals surface area contributed by atoms with Crippen LogP contribution in [0.25, 0.3) is 0 Å². The smallest absolute Gasteiger partial charge is 0.234 e. The molecule has 0 aromatic rings. The minimum absolute atomic E-state index is 0.0931. The first-order valence-corrected chi connectivity index (χ1v) is 2.34. The van der Waals surface area contributed by atoms with Crippen LogP contribution < -0.4 is 11.5 Å². The van der Waals surface area contributed by atoms with E-state index in [9.17, 15) is 4.79 Å². The fraction of sp³-hybridized carbons (Fsp3) is 0.750. The third-order valence-corrected chi connectivity index (χ3v) is 0.806. The van der Waals surface area contributed by atoms with Crippen molar-refractivity contribution in [1.82, 2.24) is 0 Å². The maximum atomic E-state index is 10.1. The van der Waals surface area contributed by atoms with Crippen molar-refractivity contribution in [3.8, 4) is 0 Å². The van der Waals surface area contributed by atoms with Crippen LogP contribution in [0.5, 0.6) is 0 Å². The summed E-state index contributed by atoms with van der Waals surface area (Å²) in [5, 5.41) is 8.20. The molecule has 0 saturated carbocycles. The summed E-state index contributed by atoms with van der Waals surface area (Å²) in [6, 6.07) is -0.694. The zero-order valence-electron chi connectivity index (χ0n) is 4.50. The quantitative estimate of drug-likeness (QED) is 0.407. The van der Waals surface area contributed by atoms with E-state index < -0.39 is 11.9 Å². The lowest BCUT2D eigenvalue weighted by Gasteiger charge is -2.01. The Hall–Kier alpha value is -0.610. The summed E-state index contributed by atoms with van der Waals surface area (Å²) < 4.78 is 0. The molecule has 1 amide bonds. The number of carbonyl (C=O) groups is 1. The van der Waals surface area contributed by atoms with Gasteiger partial charge in [-0.15, -0.1) is 0 Å². The van der Waals surface area contributed by atoms with Crippen molar-refractivity contribution >= 4 is 5.91 Å². The largest absolute Gasteiger partial charge is 0.396 e. The van der Waals surface area contributed by atoms with Crippen LogP contribution in [-0.2, 0) is 4.79 Å². The zero-order valence-corrected chi connectivity index (χ0v) is 4.50. The summed E-state index contributed by atoms with van der Waals surface area (Å²) in [6.07, 6.45) is 0.245. The van der Waals surface area contributed by atoms with Crippen LogP contribution in [0.1, 0.15) is 6.42 Å². The SMILES string of the molecule is NC(=O)C(N)CCO. The maximum Gasteiger partial charge on any atom is 0.234 e. The van der Waals surface area contributed by atoms with E-state index in [1.165, 1.54) is 0 Å². The summed E-state index contributed by atoms with van der Waals surface area (Å²) >= 11 is 0. The van der Waals surface area contributed by atoms with E-state index in [0.29, 0.717) is 0 Å². The summed E-state index contributed by atoms with van der Waals surface area (Å²) in [7, 11) is 0. The van der Waals surface area contributed by atoms with Crippen LogP contribution in [0.3, 0.4) is 0 Å². The monoisotopic (exact) mass is 118 g/mol. The number of hydrogen-bond donors (Lipinski definition) is 3. The Bertz CT molecular complexity index is 84.1. The van der Waals surface area contributed by atoms with Gasteiger partial charge in [0.05, 0.1) is 6.04 Å². The first kappa shape index (κ1) is 7.39. The number of amides is 1. The fourth-order valence-electron chi connectivity index (χ4n) is 0.281. The standard InChI is InChI=1S/C4H10N2O2/c5-3(1-2-7)4(6)8/h3,7H,1-2,5H2,(H2,6,8). The third-order valence-electron chi connectivity index (χ3n) is 0.806. The predicted molar refractivity (Wildman–Crippen MR) is 28.9 cm³/mol. The predicted octanol–water partition coefficient (Wildman–Crippen LogP) is -1.82. The van der Waals surface area contributed by atoms with Crippen LogP contribution in [0.2, 0.25) is 0 Å². The van der Waals surface area contributed by atoms with Gasteiger partial charge in [0, 0.05) is 6.61 Å². The zero-order chi connectivity index (χ0) is 6.57. The first-order valence-electron chi connectivity index (χ1n) is 2.34. The molecule has 5 N–H and O–H groups in total. The number of rotatable bonds is 3. The van der Waals surface area contributed by atoms with E-state index in [1.54, 1.807) is 0 Å². The minimum atomic E-state index is -0.694. The van der Waals surface area contributed by atoms with Crippen molar-refractivity contribution in [2.24, 2.45) is 11.5 Å². The molecule has 0 aliphatic heterocycles. The lowest BCUT2D eigenvalue weighted by molar-refractivity contribution is -0.119. The van der Waals surface area contributed by atoms with Gasteiger partial charge < -0.3 is 16.6 Å². The van der Waals surface area contributed by atoms with Crippen molar-refractivity contribution in [3.63, 3.8) is 0 Å². The Morgan fingerprint density at radius 1 is 1.75 bits per heavy atom. The topological polar surface area (TPSA) is 89.3 Å². The van der Waals surface area contributed by atoms with E-state index in [0.717, 1.165) is 0 Å². The Morgan fingerprint density at radius 3 is 2.38 bits per heavy atom. The molecule has 0 fully saturated rings. The summed E-state index contributed by atoms with van der Waals surface area (Å²) in [5.41, 5.74) is 9.84. The molecule has 8 heavy (non-hydrogen) atoms. The maximum absolute atomic E-state index is 10.1. The summed E-state index contributed by atoms with van der Waals surface area (Å²) in [4.78, 5) is 10.1. The van der Waals surface area contributed by atoms with Crippen molar-refractivity contribution in [1.29, 1.82) is 0 Å². The summed E-state index contributed by atoms with van der Waals surface area (Å²) in [5.74, 6) is -0.570. The molecule has 4 heteroatoms. The van der Waals surface area contributed by atoms with Crippen molar-refractivity contribution in [2.45, 2.75) is 12.5 Å². The molecule has 0 spiro atoms. The van der Waals surface area contributed by atoms with Gasteiger partial charge in [0.1, 0.15) is 0 Å². The molecule has 0 aromatic carbocycles. The molecule has 1 atom stereocenters. The summed E-state index contributed by atoms with van der Waals surface area (Å²) in [6.45, 7) is -0.0931. The van der Waals surface area contributed by atoms with Gasteiger partial charge in [-0.25, -0.2) is 0 Å². The number of nitrogens with two attached hydrogens (primary N) is 2. The van der Waals surface area contributed by atoms with E-state index >= 15 is 0 Å². The highest BCUT2D eigenvalue weighted by atomic mass is 16.3. The van der Waals surface area contributed by atoms with Gasteiger partial charge in [-0.05, 0) is 6.42 Å². The molecular formula is C4H10N2O2. The molecule has 4 nitrogen and oxygen atoms in total. The van der Waals surface area contributed by atoms with Gasteiger partial charge >= 0.3 is 0 Å². The molecule has 0 saturated heterocycles. The number of carbonyl (C=O) groups excluding carboxylic acids is 1. The molecule has 48 valence electrons. The number of primary amides is 1. The number of aliphatic hydroxyl groups is 1. The van der Waals surface area contributed by atoms with Gasteiger partial charge in [0.15, 0.2) is 0 Å². The average Bonchev–Trinajstić information content (AvgIpc) is 1.67. The van der Waals surface area contributed by atoms with Gasteiger partial charge in [-0.3, -0.25) is 4.79 Å². The molecular weight excluding hydrogens is 108 g/mol. The van der Waals surface area contributed by atoms with Crippen LogP contribution in [-0.4, -0.2) is 23.7 Å². The van der Waals surface area contributed by atoms with Crippen LogP contribution in [0.4, 0.5) is 0 Å². The Kier molecular flexibility index (Phi) is 3.14. The van der Waals surface area contributed by atoms with Gasteiger partial charge in [0.25, 0.3) is 0 Å². The Morgan fingerprint density at radius 2 is 2.25 bits per heavy atom. The van der Waals surface area contributed by atoms with Crippen molar-refractivity contribution < 1.29 is 9.90 Å². The first-order chi connectivity index (χ1) is 3.68. The van der Waals surface area contributed by atoms with Gasteiger partial charge in [-0.1, -0.05) is 0 Å². The number of aliphatic hydroxyl groups excluding tert-OH is 1. The molecule has 1 unspecified atom stereocenters. The molecule has 0 aromatic heterocycles. The van der Waals surface area contributed by atoms with Crippen molar-refractivity contribution in [3.05, 3.63) is 0 Å². The van der Waals surface area contributed by atoms with Gasteiger partial charge in [-0.2, -0.15) is 0 Å². The minimum Gasteiger partial charge on any atom is -0.396 e. The van der Waals surface area contributed by atoms with Crippen LogP contribution in [0.15, 0.2) is 0 Å². The molecule has 0 aliphatic rings. The van der Waals surface area contributed by atoms with Crippen LogP contribution in [0, 0.1) is 0 Å². The van der Waals surface area contributed by atoms with Crippen molar-refractivity contribution in [2.75, 3.05) is 6.61 Å². The number of hydrogen-bond acceptors (Lipinski definition) is 3. The highest BCUT2D eigenvalue weighted by Gasteiger charge is 2.05. The second-order valence-corrected chi connectivity index (χ2v) is 1.52. The third kappa shape index (κ3) is 2.54. The molecule has 0 aliphatic carbocycles. The Labute approximate surface area is 47.5 Å². The second-order valence-electron chi connectivity index (χ2n) is 1.52. The van der Waals surface area contributed by atoms with Crippen LogP contribution >= 0.6 is 0 Å². The normalized spacial score (nSPS) is 13.2. The lowest BCUT2D eigenvalue weighted by Crippen LogP contribution is -2.36. The van der Waals surface area contributed by atoms with E-state index in [-0.39, 0.29) is 13.0 Å².